The first-order valence-corrected chi connectivity index (χ1v) is 11.5. The maximum Gasteiger partial charge on any atom is 0.243 e. The molecule has 0 radical (unpaired) electrons. The van der Waals surface area contributed by atoms with Gasteiger partial charge in [-0.05, 0) is 48.5 Å². The number of hydrogen-bond acceptors (Lipinski definition) is 5. The maximum atomic E-state index is 12.7. The van der Waals surface area contributed by atoms with Gasteiger partial charge in [0.15, 0.2) is 0 Å². The second-order valence-electron chi connectivity index (χ2n) is 5.43. The second kappa shape index (κ2) is 9.33. The first kappa shape index (κ1) is 22.1. The Kier molecular flexibility index (Phi) is 7.64. The van der Waals surface area contributed by atoms with Gasteiger partial charge in [-0.15, -0.1) is 0 Å². The molecule has 2 rings (SSSR count). The quantitative estimate of drug-likeness (QED) is 0.604. The number of aliphatic hydroxyl groups is 1. The molecule has 0 aromatic heterocycles. The Morgan fingerprint density at radius 3 is 1.78 bits per heavy atom. The molecule has 2 aromatic carbocycles. The van der Waals surface area contributed by atoms with Gasteiger partial charge in [0.1, 0.15) is 0 Å². The van der Waals surface area contributed by atoms with Crippen LogP contribution in [0, 0.1) is 0 Å². The molecule has 2 N–H and O–H groups in total. The van der Waals surface area contributed by atoms with Crippen LogP contribution < -0.4 is 4.72 Å². The molecule has 0 spiro atoms. The summed E-state index contributed by atoms with van der Waals surface area (Å²) in [5.74, 6) is 0. The minimum atomic E-state index is -3.91. The van der Waals surface area contributed by atoms with Crippen LogP contribution in [0.1, 0.15) is 0 Å². The smallest absolute Gasteiger partial charge is 0.243 e. The van der Waals surface area contributed by atoms with Gasteiger partial charge in [-0.1, -0.05) is 23.2 Å². The monoisotopic (exact) mass is 452 g/mol. The standard InChI is InChI=1S/C16H18Cl2N2O5S2/c17-13-1-5-15(6-2-13)26(22,23)19-9-10-20(11-12-21)27(24,25)16-7-3-14(18)4-8-16/h1-8,19,21H,9-12H2. The number of rotatable bonds is 9. The lowest BCUT2D eigenvalue weighted by Crippen LogP contribution is -2.40. The van der Waals surface area contributed by atoms with Crippen molar-refractivity contribution in [2.24, 2.45) is 0 Å². The molecular formula is C16H18Cl2N2O5S2. The first-order chi connectivity index (χ1) is 12.7. The molecule has 7 nitrogen and oxygen atoms in total. The molecule has 11 heteroatoms. The Morgan fingerprint density at radius 2 is 1.30 bits per heavy atom. The van der Waals surface area contributed by atoms with Gasteiger partial charge in [-0.25, -0.2) is 21.6 Å². The number of aliphatic hydroxyl groups excluding tert-OH is 1. The first-order valence-electron chi connectivity index (χ1n) is 7.78. The van der Waals surface area contributed by atoms with Gasteiger partial charge >= 0.3 is 0 Å². The van der Waals surface area contributed by atoms with Gasteiger partial charge < -0.3 is 5.11 Å². The van der Waals surface area contributed by atoms with Crippen LogP contribution in [0.2, 0.25) is 10.0 Å². The molecule has 0 aliphatic heterocycles. The van der Waals surface area contributed by atoms with E-state index in [2.05, 4.69) is 4.72 Å². The van der Waals surface area contributed by atoms with Crippen LogP contribution in [0.25, 0.3) is 0 Å². The lowest BCUT2D eigenvalue weighted by molar-refractivity contribution is 0.254. The average molecular weight is 453 g/mol. The molecule has 0 saturated carbocycles. The number of nitrogens with zero attached hydrogens (tertiary/aromatic N) is 1. The van der Waals surface area contributed by atoms with Crippen molar-refractivity contribution in [3.63, 3.8) is 0 Å². The third-order valence-electron chi connectivity index (χ3n) is 3.58. The Balaban J connectivity index is 2.10. The molecule has 0 atom stereocenters. The van der Waals surface area contributed by atoms with Crippen LogP contribution >= 0.6 is 23.2 Å². The zero-order valence-electron chi connectivity index (χ0n) is 14.0. The highest BCUT2D eigenvalue weighted by atomic mass is 35.5. The number of nitrogens with one attached hydrogen (secondary N) is 1. The van der Waals surface area contributed by atoms with Gasteiger partial charge in [-0.3, -0.25) is 0 Å². The molecule has 0 bridgehead atoms. The highest BCUT2D eigenvalue weighted by Crippen LogP contribution is 2.18. The van der Waals surface area contributed by atoms with E-state index in [0.717, 1.165) is 4.31 Å². The summed E-state index contributed by atoms with van der Waals surface area (Å²) in [5, 5.41) is 9.96. The maximum absolute atomic E-state index is 12.7. The minimum Gasteiger partial charge on any atom is -0.395 e. The summed E-state index contributed by atoms with van der Waals surface area (Å²) >= 11 is 11.5. The molecule has 148 valence electrons. The molecule has 0 fully saturated rings. The zero-order valence-corrected chi connectivity index (χ0v) is 17.2. The van der Waals surface area contributed by atoms with Crippen LogP contribution in [-0.2, 0) is 20.0 Å². The van der Waals surface area contributed by atoms with Gasteiger partial charge in [0.2, 0.25) is 20.0 Å². The number of halogens is 2. The normalized spacial score (nSPS) is 12.4. The fourth-order valence-corrected chi connectivity index (χ4v) is 4.93. The third kappa shape index (κ3) is 5.89. The van der Waals surface area contributed by atoms with Crippen molar-refractivity contribution in [2.45, 2.75) is 9.79 Å². The van der Waals surface area contributed by atoms with E-state index in [1.165, 1.54) is 48.5 Å². The predicted molar refractivity (Wildman–Crippen MR) is 104 cm³/mol. The van der Waals surface area contributed by atoms with E-state index in [4.69, 9.17) is 23.2 Å². The van der Waals surface area contributed by atoms with Gasteiger partial charge in [0.05, 0.1) is 16.4 Å². The average Bonchev–Trinajstić information content (AvgIpc) is 2.61. The minimum absolute atomic E-state index is 0.000841. The summed E-state index contributed by atoms with van der Waals surface area (Å²) in [4.78, 5) is 0.0158. The Morgan fingerprint density at radius 1 is 0.815 bits per heavy atom. The van der Waals surface area contributed by atoms with Crippen LogP contribution in [0.3, 0.4) is 0 Å². The van der Waals surface area contributed by atoms with E-state index in [0.29, 0.717) is 10.0 Å². The predicted octanol–water partition coefficient (Wildman–Crippen LogP) is 1.95. The van der Waals surface area contributed by atoms with Crippen molar-refractivity contribution in [1.29, 1.82) is 0 Å². The summed E-state index contributed by atoms with van der Waals surface area (Å²) < 4.78 is 53.2. The SMILES string of the molecule is O=S(=O)(NCCN(CCO)S(=O)(=O)c1ccc(Cl)cc1)c1ccc(Cl)cc1. The molecule has 0 saturated heterocycles. The number of hydrogen-bond donors (Lipinski definition) is 2. The Bertz CT molecular complexity index is 963. The van der Waals surface area contributed by atoms with Crippen molar-refractivity contribution < 1.29 is 21.9 Å². The Labute approximate surface area is 168 Å². The molecule has 2 aromatic rings. The topological polar surface area (TPSA) is 104 Å². The molecular weight excluding hydrogens is 435 g/mol. The summed E-state index contributed by atoms with van der Waals surface area (Å²) in [6.45, 7) is -0.902. The third-order valence-corrected chi connectivity index (χ3v) is 7.47. The van der Waals surface area contributed by atoms with Crippen molar-refractivity contribution in [3.8, 4) is 0 Å². The van der Waals surface area contributed by atoms with Gasteiger partial charge in [-0.2, -0.15) is 4.31 Å². The van der Waals surface area contributed by atoms with Gasteiger partial charge in [0.25, 0.3) is 0 Å². The lowest BCUT2D eigenvalue weighted by Gasteiger charge is -2.21. The molecule has 0 aliphatic rings. The van der Waals surface area contributed by atoms with E-state index in [1.807, 2.05) is 0 Å². The summed E-state index contributed by atoms with van der Waals surface area (Å²) in [6, 6.07) is 11.2. The lowest BCUT2D eigenvalue weighted by atomic mass is 10.4. The van der Waals surface area contributed by atoms with Gasteiger partial charge in [0, 0.05) is 29.7 Å². The number of sulfonamides is 2. The van der Waals surface area contributed by atoms with Crippen LogP contribution in [0.5, 0.6) is 0 Å². The van der Waals surface area contributed by atoms with Crippen molar-refractivity contribution >= 4 is 43.2 Å². The molecule has 0 heterocycles. The van der Waals surface area contributed by atoms with Crippen LogP contribution in [0.4, 0.5) is 0 Å². The number of benzene rings is 2. The fraction of sp³-hybridized carbons (Fsp3) is 0.250. The highest BCUT2D eigenvalue weighted by molar-refractivity contribution is 7.89. The van der Waals surface area contributed by atoms with E-state index in [9.17, 15) is 21.9 Å². The van der Waals surface area contributed by atoms with E-state index in [-0.39, 0.29) is 29.4 Å². The molecule has 0 unspecified atom stereocenters. The summed E-state index contributed by atoms with van der Waals surface area (Å²) in [5.41, 5.74) is 0. The Hall–Kier alpha value is -1.20. The van der Waals surface area contributed by atoms with Crippen LogP contribution in [0.15, 0.2) is 58.3 Å². The largest absolute Gasteiger partial charge is 0.395 e. The second-order valence-corrected chi connectivity index (χ2v) is 10.0. The fourth-order valence-electron chi connectivity index (χ4n) is 2.22. The highest BCUT2D eigenvalue weighted by Gasteiger charge is 2.24. The van der Waals surface area contributed by atoms with Crippen molar-refractivity contribution in [3.05, 3.63) is 58.6 Å². The summed E-state index contributed by atoms with van der Waals surface area (Å²) in [7, 11) is -7.72. The van der Waals surface area contributed by atoms with Crippen molar-refractivity contribution in [1.82, 2.24) is 9.03 Å². The van der Waals surface area contributed by atoms with Crippen molar-refractivity contribution in [2.75, 3.05) is 26.2 Å². The summed E-state index contributed by atoms with van der Waals surface area (Å²) in [6.07, 6.45) is 0. The van der Waals surface area contributed by atoms with E-state index < -0.39 is 26.7 Å². The molecule has 0 amide bonds. The van der Waals surface area contributed by atoms with Crippen LogP contribution in [-0.4, -0.2) is 52.5 Å². The molecule has 27 heavy (non-hydrogen) atoms. The van der Waals surface area contributed by atoms with E-state index >= 15 is 0 Å². The zero-order chi connectivity index (χ0) is 20.1. The molecule has 0 aliphatic carbocycles. The van der Waals surface area contributed by atoms with E-state index in [1.54, 1.807) is 0 Å².